The summed E-state index contributed by atoms with van der Waals surface area (Å²) in [6.07, 6.45) is 14.7. The van der Waals surface area contributed by atoms with Gasteiger partial charge in [-0.1, -0.05) is 51.2 Å². The van der Waals surface area contributed by atoms with E-state index in [1.54, 1.807) is 12.1 Å². The molecule has 0 amide bonds. The third-order valence-electron chi connectivity index (χ3n) is 8.16. The van der Waals surface area contributed by atoms with Crippen LogP contribution in [0.2, 0.25) is 0 Å². The summed E-state index contributed by atoms with van der Waals surface area (Å²) in [5.41, 5.74) is 0.872. The van der Waals surface area contributed by atoms with Crippen molar-refractivity contribution >= 4 is 10.8 Å². The van der Waals surface area contributed by atoms with Crippen molar-refractivity contribution in [1.29, 1.82) is 0 Å². The highest BCUT2D eigenvalue weighted by atomic mass is 19.1. The van der Waals surface area contributed by atoms with Gasteiger partial charge in [0.05, 0.1) is 5.39 Å². The maximum Gasteiger partial charge on any atom is 0.140 e. The van der Waals surface area contributed by atoms with E-state index < -0.39 is 17.5 Å². The van der Waals surface area contributed by atoms with Gasteiger partial charge in [0, 0.05) is 5.56 Å². The number of aryl methyl sites for hydroxylation is 1. The Morgan fingerprint density at radius 3 is 2.50 bits per heavy atom. The van der Waals surface area contributed by atoms with Crippen LogP contribution in [-0.2, 0) is 6.42 Å². The molecule has 0 N–H and O–H groups in total. The number of allylic oxidation sites excluding steroid dienone is 1. The fourth-order valence-corrected chi connectivity index (χ4v) is 6.47. The third-order valence-corrected chi connectivity index (χ3v) is 8.16. The van der Waals surface area contributed by atoms with Crippen LogP contribution in [0.1, 0.15) is 94.6 Å². The normalized spacial score (nSPS) is 25.6. The number of hydrogen-bond donors (Lipinski definition) is 0. The minimum atomic E-state index is -0.676. The van der Waals surface area contributed by atoms with Crippen molar-refractivity contribution in [2.24, 2.45) is 17.8 Å². The van der Waals surface area contributed by atoms with Gasteiger partial charge in [0.25, 0.3) is 0 Å². The molecule has 0 saturated heterocycles. The first kappa shape index (κ1) is 23.4. The molecule has 3 heteroatoms. The van der Waals surface area contributed by atoms with E-state index in [1.807, 2.05) is 0 Å². The number of rotatable bonds is 8. The van der Waals surface area contributed by atoms with Crippen molar-refractivity contribution in [2.45, 2.75) is 89.9 Å². The number of hydrogen-bond acceptors (Lipinski definition) is 0. The van der Waals surface area contributed by atoms with Crippen LogP contribution in [0.15, 0.2) is 30.9 Å². The molecule has 0 spiro atoms. The van der Waals surface area contributed by atoms with Crippen molar-refractivity contribution in [3.8, 4) is 0 Å². The highest BCUT2D eigenvalue weighted by Crippen LogP contribution is 2.49. The second kappa shape index (κ2) is 10.4. The zero-order chi connectivity index (χ0) is 22.7. The van der Waals surface area contributed by atoms with Crippen LogP contribution in [-0.4, -0.2) is 0 Å². The summed E-state index contributed by atoms with van der Waals surface area (Å²) < 4.78 is 45.5. The summed E-state index contributed by atoms with van der Waals surface area (Å²) in [4.78, 5) is 0. The molecule has 2 fully saturated rings. The molecule has 2 aliphatic carbocycles. The number of benzene rings is 2. The van der Waals surface area contributed by atoms with Gasteiger partial charge in [-0.2, -0.15) is 0 Å². The zero-order valence-corrected chi connectivity index (χ0v) is 19.4. The summed E-state index contributed by atoms with van der Waals surface area (Å²) >= 11 is 0. The molecular weight excluding hydrogens is 405 g/mol. The molecule has 0 aliphatic heterocycles. The lowest BCUT2D eigenvalue weighted by Crippen LogP contribution is -2.31. The van der Waals surface area contributed by atoms with E-state index in [1.165, 1.54) is 57.1 Å². The first-order chi connectivity index (χ1) is 15.5. The fourth-order valence-electron chi connectivity index (χ4n) is 6.47. The van der Waals surface area contributed by atoms with E-state index in [9.17, 15) is 4.39 Å². The van der Waals surface area contributed by atoms with Gasteiger partial charge in [0.15, 0.2) is 0 Å². The molecule has 2 aromatic rings. The minimum absolute atomic E-state index is 0.0505. The second-order valence-corrected chi connectivity index (χ2v) is 10.3. The molecule has 32 heavy (non-hydrogen) atoms. The van der Waals surface area contributed by atoms with Crippen LogP contribution in [0.3, 0.4) is 0 Å². The summed E-state index contributed by atoms with van der Waals surface area (Å²) in [5, 5.41) is 0.273. The van der Waals surface area contributed by atoms with Gasteiger partial charge in [-0.3, -0.25) is 0 Å². The molecule has 2 saturated carbocycles. The van der Waals surface area contributed by atoms with Crippen molar-refractivity contribution in [1.82, 2.24) is 0 Å². The highest BCUT2D eigenvalue weighted by molar-refractivity contribution is 5.85. The van der Waals surface area contributed by atoms with Gasteiger partial charge < -0.3 is 0 Å². The number of unbranched alkanes of at least 4 members (excludes halogenated alkanes) is 2. The van der Waals surface area contributed by atoms with E-state index in [2.05, 4.69) is 13.5 Å². The predicted molar refractivity (Wildman–Crippen MR) is 127 cm³/mol. The van der Waals surface area contributed by atoms with Crippen LogP contribution in [0.4, 0.5) is 13.2 Å². The molecule has 0 nitrogen and oxygen atoms in total. The van der Waals surface area contributed by atoms with E-state index in [4.69, 9.17) is 0 Å². The van der Waals surface area contributed by atoms with Crippen LogP contribution in [0, 0.1) is 35.2 Å². The van der Waals surface area contributed by atoms with Gasteiger partial charge in [-0.05, 0) is 91.7 Å². The maximum absolute atomic E-state index is 15.5. The Balaban J connectivity index is 1.52. The van der Waals surface area contributed by atoms with Crippen LogP contribution in [0.25, 0.3) is 10.8 Å². The van der Waals surface area contributed by atoms with Crippen molar-refractivity contribution in [3.63, 3.8) is 0 Å². The van der Waals surface area contributed by atoms with Crippen LogP contribution < -0.4 is 0 Å². The Kier molecular flexibility index (Phi) is 7.63. The lowest BCUT2D eigenvalue weighted by Gasteiger charge is -2.42. The minimum Gasteiger partial charge on any atom is -0.207 e. The van der Waals surface area contributed by atoms with E-state index >= 15 is 8.78 Å². The molecule has 2 aliphatic rings. The topological polar surface area (TPSA) is 0 Å². The molecule has 4 atom stereocenters. The lowest BCUT2D eigenvalue weighted by atomic mass is 9.63. The maximum atomic E-state index is 15.5. The summed E-state index contributed by atoms with van der Waals surface area (Å²) in [5.74, 6) is 0.173. The molecule has 0 heterocycles. The fraction of sp³-hybridized carbons (Fsp3) is 0.586. The molecule has 2 aromatic carbocycles. The summed E-state index contributed by atoms with van der Waals surface area (Å²) in [6, 6.07) is 4.47. The van der Waals surface area contributed by atoms with Crippen molar-refractivity contribution < 1.29 is 13.2 Å². The Morgan fingerprint density at radius 1 is 0.938 bits per heavy atom. The molecule has 4 rings (SSSR count). The standard InChI is InChI=1S/C29H37F3/c1-3-5-7-9-19-10-11-22-17-23(13-12-21(22)14-19)27-26(31)18-24-15-20(8-6-4-2)16-25(30)28(24)29(27)32/h4,15-16,18-19,21-23H,2-3,5-14,17H2,1H3. The largest absolute Gasteiger partial charge is 0.207 e. The summed E-state index contributed by atoms with van der Waals surface area (Å²) in [7, 11) is 0. The smallest absolute Gasteiger partial charge is 0.140 e. The predicted octanol–water partition coefficient (Wildman–Crippen LogP) is 9.26. The third kappa shape index (κ3) is 4.92. The number of fused-ring (bicyclic) bond motifs is 2. The van der Waals surface area contributed by atoms with Crippen LogP contribution >= 0.6 is 0 Å². The van der Waals surface area contributed by atoms with E-state index in [0.29, 0.717) is 30.1 Å². The highest BCUT2D eigenvalue weighted by Gasteiger charge is 2.37. The SMILES string of the molecule is C=CCCc1cc(F)c2c(F)c(C3CCC4CC(CCCCC)CCC4C3)c(F)cc2c1. The van der Waals surface area contributed by atoms with Gasteiger partial charge in [0.1, 0.15) is 17.5 Å². The van der Waals surface area contributed by atoms with Crippen LogP contribution in [0.5, 0.6) is 0 Å². The second-order valence-electron chi connectivity index (χ2n) is 10.3. The van der Waals surface area contributed by atoms with E-state index in [-0.39, 0.29) is 16.9 Å². The van der Waals surface area contributed by atoms with Crippen molar-refractivity contribution in [3.05, 3.63) is 59.4 Å². The average molecular weight is 443 g/mol. The quantitative estimate of drug-likeness (QED) is 0.282. The molecular formula is C29H37F3. The lowest BCUT2D eigenvalue weighted by molar-refractivity contribution is 0.111. The zero-order valence-electron chi connectivity index (χ0n) is 19.4. The molecule has 174 valence electrons. The Morgan fingerprint density at radius 2 is 1.72 bits per heavy atom. The first-order valence-corrected chi connectivity index (χ1v) is 12.7. The van der Waals surface area contributed by atoms with Gasteiger partial charge in [-0.25, -0.2) is 13.2 Å². The molecule has 0 aromatic heterocycles. The van der Waals surface area contributed by atoms with Crippen molar-refractivity contribution in [2.75, 3.05) is 0 Å². The van der Waals surface area contributed by atoms with Gasteiger partial charge >= 0.3 is 0 Å². The summed E-state index contributed by atoms with van der Waals surface area (Å²) in [6.45, 7) is 5.93. The molecule has 4 unspecified atom stereocenters. The average Bonchev–Trinajstić information content (AvgIpc) is 2.77. The molecule has 0 radical (unpaired) electrons. The molecule has 0 bridgehead atoms. The first-order valence-electron chi connectivity index (χ1n) is 12.7. The van der Waals surface area contributed by atoms with Gasteiger partial charge in [-0.15, -0.1) is 6.58 Å². The monoisotopic (exact) mass is 442 g/mol. The van der Waals surface area contributed by atoms with E-state index in [0.717, 1.165) is 30.7 Å². The van der Waals surface area contributed by atoms with Gasteiger partial charge in [0.2, 0.25) is 0 Å². The number of halogens is 3. The Labute approximate surface area is 191 Å². The Bertz CT molecular complexity index is 947. The Hall–Kier alpha value is -1.77.